The smallest absolute Gasteiger partial charge is 0.252 e. The Morgan fingerprint density at radius 2 is 2.43 bits per heavy atom. The van der Waals surface area contributed by atoms with Crippen LogP contribution in [0.15, 0.2) is 34.0 Å². The van der Waals surface area contributed by atoms with Gasteiger partial charge in [0.1, 0.15) is 6.61 Å². The van der Waals surface area contributed by atoms with Gasteiger partial charge in [0.2, 0.25) is 0 Å². The molecule has 0 radical (unpaired) electrons. The van der Waals surface area contributed by atoms with Crippen LogP contribution in [0.25, 0.3) is 0 Å². The molecule has 0 atom stereocenters. The van der Waals surface area contributed by atoms with E-state index in [9.17, 15) is 0 Å². The van der Waals surface area contributed by atoms with Crippen LogP contribution in [0.4, 0.5) is 0 Å². The van der Waals surface area contributed by atoms with Crippen molar-refractivity contribution >= 4 is 16.9 Å². The zero-order valence-electron chi connectivity index (χ0n) is 12.8. The van der Waals surface area contributed by atoms with Gasteiger partial charge in [-0.2, -0.15) is 4.98 Å². The Bertz CT molecular complexity index is 648. The first-order valence-electron chi connectivity index (χ1n) is 7.16. The van der Waals surface area contributed by atoms with Crippen molar-refractivity contribution in [2.24, 2.45) is 4.99 Å². The highest BCUT2D eigenvalue weighted by atomic mass is 32.2. The summed E-state index contributed by atoms with van der Waals surface area (Å²) in [5.74, 6) is 1.75. The normalized spacial score (nSPS) is 15.3. The molecule has 0 unspecified atom stereocenters. The van der Waals surface area contributed by atoms with E-state index in [0.717, 1.165) is 18.4 Å². The molecule has 2 aromatic rings. The molecule has 2 aromatic heterocycles. The van der Waals surface area contributed by atoms with Crippen molar-refractivity contribution in [3.05, 3.63) is 41.8 Å². The van der Waals surface area contributed by atoms with Crippen LogP contribution in [0.2, 0.25) is 0 Å². The maximum absolute atomic E-state index is 5.05. The molecule has 1 aliphatic heterocycles. The molecule has 3 heterocycles. The maximum Gasteiger partial charge on any atom is 0.252 e. The SMILES string of the molecule is COCc1nc(CSC2=NCN(Cc3cccnc3)CN2)no1. The van der Waals surface area contributed by atoms with Gasteiger partial charge in [0.05, 0.1) is 19.1 Å². The Morgan fingerprint density at radius 3 is 3.17 bits per heavy atom. The fourth-order valence-electron chi connectivity index (χ4n) is 2.07. The molecule has 9 heteroatoms. The zero-order chi connectivity index (χ0) is 15.9. The quantitative estimate of drug-likeness (QED) is 0.843. The Hall–Kier alpha value is -1.97. The van der Waals surface area contributed by atoms with E-state index in [-0.39, 0.29) is 0 Å². The summed E-state index contributed by atoms with van der Waals surface area (Å²) in [6.07, 6.45) is 3.66. The first-order chi connectivity index (χ1) is 11.3. The van der Waals surface area contributed by atoms with Gasteiger partial charge in [0, 0.05) is 26.0 Å². The van der Waals surface area contributed by atoms with Crippen LogP contribution in [0.1, 0.15) is 17.3 Å². The van der Waals surface area contributed by atoms with E-state index < -0.39 is 0 Å². The highest BCUT2D eigenvalue weighted by Gasteiger charge is 2.14. The van der Waals surface area contributed by atoms with Crippen LogP contribution >= 0.6 is 11.8 Å². The van der Waals surface area contributed by atoms with Crippen LogP contribution in [0.3, 0.4) is 0 Å². The van der Waals surface area contributed by atoms with E-state index in [1.165, 1.54) is 5.56 Å². The van der Waals surface area contributed by atoms with E-state index in [4.69, 9.17) is 9.26 Å². The average molecular weight is 334 g/mol. The van der Waals surface area contributed by atoms with Crippen molar-refractivity contribution in [1.82, 2.24) is 25.3 Å². The number of hydrogen-bond donors (Lipinski definition) is 1. The van der Waals surface area contributed by atoms with Crippen molar-refractivity contribution in [2.45, 2.75) is 18.9 Å². The first-order valence-corrected chi connectivity index (χ1v) is 8.15. The largest absolute Gasteiger partial charge is 0.375 e. The topological polar surface area (TPSA) is 88.7 Å². The fraction of sp³-hybridized carbons (Fsp3) is 0.429. The van der Waals surface area contributed by atoms with E-state index in [1.54, 1.807) is 25.1 Å². The molecular weight excluding hydrogens is 316 g/mol. The molecule has 8 nitrogen and oxygen atoms in total. The second-order valence-corrected chi connectivity index (χ2v) is 5.92. The second kappa shape index (κ2) is 8.04. The molecule has 1 N–H and O–H groups in total. The fourth-order valence-corrected chi connectivity index (χ4v) is 2.76. The number of nitrogens with one attached hydrogen (secondary N) is 1. The summed E-state index contributed by atoms with van der Waals surface area (Å²) < 4.78 is 10.0. The minimum Gasteiger partial charge on any atom is -0.375 e. The molecule has 0 saturated carbocycles. The lowest BCUT2D eigenvalue weighted by atomic mass is 10.3. The Labute approximate surface area is 138 Å². The Balaban J connectivity index is 1.45. The summed E-state index contributed by atoms with van der Waals surface area (Å²) in [6, 6.07) is 4.01. The van der Waals surface area contributed by atoms with Gasteiger partial charge in [0.15, 0.2) is 11.0 Å². The number of ether oxygens (including phenoxy) is 1. The third-order valence-electron chi connectivity index (χ3n) is 3.11. The van der Waals surface area contributed by atoms with Gasteiger partial charge < -0.3 is 14.6 Å². The van der Waals surface area contributed by atoms with E-state index in [1.807, 2.05) is 12.3 Å². The number of pyridine rings is 1. The lowest BCUT2D eigenvalue weighted by Crippen LogP contribution is -2.41. The molecule has 122 valence electrons. The average Bonchev–Trinajstić information content (AvgIpc) is 3.03. The number of rotatable bonds is 6. The van der Waals surface area contributed by atoms with Crippen molar-refractivity contribution < 1.29 is 9.26 Å². The number of amidine groups is 1. The minimum atomic E-state index is 0.333. The van der Waals surface area contributed by atoms with Crippen molar-refractivity contribution in [3.8, 4) is 0 Å². The highest BCUT2D eigenvalue weighted by Crippen LogP contribution is 2.13. The molecule has 23 heavy (non-hydrogen) atoms. The summed E-state index contributed by atoms with van der Waals surface area (Å²) in [4.78, 5) is 15.1. The third kappa shape index (κ3) is 4.75. The molecule has 3 rings (SSSR count). The molecule has 0 spiro atoms. The predicted molar refractivity (Wildman–Crippen MR) is 86.4 cm³/mol. The number of nitrogens with zero attached hydrogens (tertiary/aromatic N) is 5. The lowest BCUT2D eigenvalue weighted by molar-refractivity contribution is 0.151. The van der Waals surface area contributed by atoms with Crippen LogP contribution in [-0.4, -0.2) is 45.6 Å². The minimum absolute atomic E-state index is 0.333. The van der Waals surface area contributed by atoms with Crippen LogP contribution in [0, 0.1) is 0 Å². The van der Waals surface area contributed by atoms with Crippen molar-refractivity contribution in [1.29, 1.82) is 0 Å². The standard InChI is InChI=1S/C14H18N6O2S/c1-21-7-13-18-12(19-22-13)8-23-14-16-9-20(10-17-14)6-11-3-2-4-15-5-11/h2-5H,6-10H2,1H3,(H,16,17). The molecule has 0 fully saturated rings. The van der Waals surface area contributed by atoms with E-state index >= 15 is 0 Å². The summed E-state index contributed by atoms with van der Waals surface area (Å²) in [5.41, 5.74) is 1.18. The molecule has 0 saturated heterocycles. The van der Waals surface area contributed by atoms with Gasteiger partial charge >= 0.3 is 0 Å². The molecular formula is C14H18N6O2S. The van der Waals surface area contributed by atoms with Gasteiger partial charge in [0.25, 0.3) is 5.89 Å². The monoisotopic (exact) mass is 334 g/mol. The number of thioether (sulfide) groups is 1. The molecule has 1 aliphatic rings. The number of methoxy groups -OCH3 is 1. The van der Waals surface area contributed by atoms with Gasteiger partial charge in [-0.25, -0.2) is 4.99 Å². The molecule has 0 aliphatic carbocycles. The molecule has 0 bridgehead atoms. The molecule has 0 aromatic carbocycles. The van der Waals surface area contributed by atoms with Crippen LogP contribution < -0.4 is 5.32 Å². The van der Waals surface area contributed by atoms with Crippen molar-refractivity contribution in [2.75, 3.05) is 20.4 Å². The lowest BCUT2D eigenvalue weighted by Gasteiger charge is -2.26. The number of aromatic nitrogens is 3. The summed E-state index contributed by atoms with van der Waals surface area (Å²) in [7, 11) is 1.59. The van der Waals surface area contributed by atoms with E-state index in [0.29, 0.717) is 30.7 Å². The maximum atomic E-state index is 5.05. The Morgan fingerprint density at radius 1 is 1.48 bits per heavy atom. The van der Waals surface area contributed by atoms with Gasteiger partial charge in [-0.15, -0.1) is 0 Å². The van der Waals surface area contributed by atoms with Crippen LogP contribution in [-0.2, 0) is 23.6 Å². The van der Waals surface area contributed by atoms with Gasteiger partial charge in [-0.05, 0) is 11.6 Å². The third-order valence-corrected chi connectivity index (χ3v) is 4.06. The van der Waals surface area contributed by atoms with E-state index in [2.05, 4.69) is 36.4 Å². The van der Waals surface area contributed by atoms with Gasteiger partial charge in [-0.1, -0.05) is 23.0 Å². The number of aliphatic imine (C=N–C) groups is 1. The van der Waals surface area contributed by atoms with Crippen LogP contribution in [0.5, 0.6) is 0 Å². The Kier molecular flexibility index (Phi) is 5.56. The summed E-state index contributed by atoms with van der Waals surface area (Å²) in [6.45, 7) is 2.57. The highest BCUT2D eigenvalue weighted by molar-refractivity contribution is 8.13. The molecule has 0 amide bonds. The predicted octanol–water partition coefficient (Wildman–Crippen LogP) is 1.22. The number of hydrogen-bond acceptors (Lipinski definition) is 9. The van der Waals surface area contributed by atoms with Gasteiger partial charge in [-0.3, -0.25) is 9.88 Å². The zero-order valence-corrected chi connectivity index (χ0v) is 13.6. The first kappa shape index (κ1) is 15.9. The summed E-state index contributed by atoms with van der Waals surface area (Å²) >= 11 is 1.56. The second-order valence-electron chi connectivity index (χ2n) is 4.96. The summed E-state index contributed by atoms with van der Waals surface area (Å²) in [5, 5.41) is 8.10. The van der Waals surface area contributed by atoms with Crippen molar-refractivity contribution in [3.63, 3.8) is 0 Å².